The molecule has 25 heavy (non-hydrogen) atoms. The lowest BCUT2D eigenvalue weighted by Crippen LogP contribution is -2.41. The Bertz CT molecular complexity index is 864. The van der Waals surface area contributed by atoms with E-state index in [1.165, 1.54) is 0 Å². The van der Waals surface area contributed by atoms with Crippen LogP contribution < -0.4 is 14.9 Å². The first-order valence-corrected chi connectivity index (χ1v) is 10.3. The molecule has 3 rings (SSSR count). The summed E-state index contributed by atoms with van der Waals surface area (Å²) in [6.45, 7) is 5.10. The Hall–Kier alpha value is -1.94. The zero-order valence-electron chi connectivity index (χ0n) is 14.9. The number of hydrogen-bond acceptors (Lipinski definition) is 7. The van der Waals surface area contributed by atoms with Gasteiger partial charge >= 0.3 is 0 Å². The fourth-order valence-corrected chi connectivity index (χ4v) is 4.27. The lowest BCUT2D eigenvalue weighted by Gasteiger charge is -2.30. The molecule has 0 aliphatic carbocycles. The summed E-state index contributed by atoms with van der Waals surface area (Å²) >= 11 is 0. The summed E-state index contributed by atoms with van der Waals surface area (Å²) in [6, 6.07) is 2.03. The second-order valence-corrected chi connectivity index (χ2v) is 8.29. The van der Waals surface area contributed by atoms with Crippen molar-refractivity contribution in [3.8, 4) is 0 Å². The molecule has 0 saturated heterocycles. The van der Waals surface area contributed by atoms with E-state index in [2.05, 4.69) is 39.3 Å². The summed E-state index contributed by atoms with van der Waals surface area (Å²) in [5.74, 6) is 0.0343. The molecule has 9 nitrogen and oxygen atoms in total. The number of fused-ring (bicyclic) bond motifs is 2. The van der Waals surface area contributed by atoms with Crippen LogP contribution in [0.1, 0.15) is 38.3 Å². The second kappa shape index (κ2) is 6.75. The number of hydrogen-bond donors (Lipinski definition) is 1. The van der Waals surface area contributed by atoms with Gasteiger partial charge in [-0.25, -0.2) is 13.6 Å². The highest BCUT2D eigenvalue weighted by Gasteiger charge is 2.35. The van der Waals surface area contributed by atoms with E-state index < -0.39 is 10.0 Å². The van der Waals surface area contributed by atoms with Gasteiger partial charge in [-0.3, -0.25) is 0 Å². The van der Waals surface area contributed by atoms with Crippen LogP contribution >= 0.6 is 0 Å². The van der Waals surface area contributed by atoms with Gasteiger partial charge in [-0.15, -0.1) is 5.10 Å². The molecule has 0 aromatic carbocycles. The molecule has 10 heteroatoms. The summed E-state index contributed by atoms with van der Waals surface area (Å²) < 4.78 is 24.0. The van der Waals surface area contributed by atoms with Gasteiger partial charge in [0.15, 0.2) is 5.65 Å². The third-order valence-electron chi connectivity index (χ3n) is 4.74. The molecule has 3 heterocycles. The van der Waals surface area contributed by atoms with Crippen LogP contribution in [0, 0.1) is 6.92 Å². The molecule has 0 fully saturated rings. The van der Waals surface area contributed by atoms with Crippen molar-refractivity contribution in [2.24, 2.45) is 5.14 Å². The summed E-state index contributed by atoms with van der Waals surface area (Å²) in [5, 5.41) is 17.0. The van der Waals surface area contributed by atoms with E-state index in [1.54, 1.807) is 4.52 Å². The van der Waals surface area contributed by atoms with Gasteiger partial charge in [-0.2, -0.15) is 4.52 Å². The van der Waals surface area contributed by atoms with Crippen molar-refractivity contribution in [1.29, 1.82) is 0 Å². The Morgan fingerprint density at radius 1 is 1.32 bits per heavy atom. The number of primary sulfonamides is 1. The predicted octanol–water partition coefficient (Wildman–Crippen LogP) is 0.884. The highest BCUT2D eigenvalue weighted by atomic mass is 32.2. The predicted molar refractivity (Wildman–Crippen MR) is 97.2 cm³/mol. The molecule has 0 spiro atoms. The molecule has 2 N–H and O–H groups in total. The molecular weight excluding hydrogens is 342 g/mol. The standard InChI is InChI=1S/C15H25N7O2S/c1-4-8-21-12-10-13-17-18-19-22(13)11(2)15(12)20(3)14(21)7-5-6-9-25(16,23)24/h10,14H,4-9H2,1-3H3,(H2,16,23,24). The van der Waals surface area contributed by atoms with Crippen molar-refractivity contribution in [2.75, 3.05) is 29.1 Å². The molecular formula is C15H25N7O2S. The SMILES string of the molecule is CCCN1c2cc3nnnn3c(C)c2N(C)C1CCCCS(N)(=O)=O. The summed E-state index contributed by atoms with van der Waals surface area (Å²) in [6.07, 6.45) is 3.46. The van der Waals surface area contributed by atoms with Crippen LogP contribution in [-0.2, 0) is 10.0 Å². The van der Waals surface area contributed by atoms with Gasteiger partial charge < -0.3 is 9.80 Å². The number of unbranched alkanes of at least 4 members (excludes halogenated alkanes) is 1. The van der Waals surface area contributed by atoms with Crippen molar-refractivity contribution in [1.82, 2.24) is 20.0 Å². The zero-order chi connectivity index (χ0) is 18.2. The number of tetrazole rings is 1. The van der Waals surface area contributed by atoms with E-state index in [4.69, 9.17) is 5.14 Å². The smallest absolute Gasteiger partial charge is 0.209 e. The van der Waals surface area contributed by atoms with Crippen molar-refractivity contribution in [3.63, 3.8) is 0 Å². The number of aromatic nitrogens is 4. The Balaban J connectivity index is 1.85. The molecule has 2 aromatic rings. The number of nitrogens with zero attached hydrogens (tertiary/aromatic N) is 6. The Kier molecular flexibility index (Phi) is 4.83. The highest BCUT2D eigenvalue weighted by Crippen LogP contribution is 2.42. The van der Waals surface area contributed by atoms with Crippen molar-refractivity contribution in [3.05, 3.63) is 11.8 Å². The molecule has 0 bridgehead atoms. The Labute approximate surface area is 147 Å². The fraction of sp³-hybridized carbons (Fsp3) is 0.667. The monoisotopic (exact) mass is 367 g/mol. The Morgan fingerprint density at radius 3 is 2.76 bits per heavy atom. The quantitative estimate of drug-likeness (QED) is 0.723. The van der Waals surface area contributed by atoms with E-state index in [-0.39, 0.29) is 11.9 Å². The van der Waals surface area contributed by atoms with Gasteiger partial charge in [0.05, 0.1) is 22.8 Å². The average molecular weight is 367 g/mol. The number of pyridine rings is 1. The molecule has 0 radical (unpaired) electrons. The highest BCUT2D eigenvalue weighted by molar-refractivity contribution is 7.89. The van der Waals surface area contributed by atoms with Crippen LogP contribution in [0.3, 0.4) is 0 Å². The van der Waals surface area contributed by atoms with Gasteiger partial charge in [0.1, 0.15) is 6.17 Å². The molecule has 1 aliphatic rings. The molecule has 138 valence electrons. The largest absolute Gasteiger partial charge is 0.351 e. The number of sulfonamides is 1. The molecule has 1 aliphatic heterocycles. The number of anilines is 2. The third-order valence-corrected chi connectivity index (χ3v) is 5.59. The molecule has 1 unspecified atom stereocenters. The number of rotatable bonds is 7. The molecule has 0 amide bonds. The van der Waals surface area contributed by atoms with E-state index in [0.717, 1.165) is 48.5 Å². The molecule has 0 saturated carbocycles. The zero-order valence-corrected chi connectivity index (χ0v) is 15.7. The third kappa shape index (κ3) is 3.40. The Morgan fingerprint density at radius 2 is 2.08 bits per heavy atom. The van der Waals surface area contributed by atoms with Crippen molar-refractivity contribution in [2.45, 2.75) is 45.7 Å². The lowest BCUT2D eigenvalue weighted by molar-refractivity contribution is 0.533. The number of nitrogens with two attached hydrogens (primary N) is 1. The minimum Gasteiger partial charge on any atom is -0.351 e. The summed E-state index contributed by atoms with van der Waals surface area (Å²) in [5.41, 5.74) is 4.01. The molecule has 2 aromatic heterocycles. The van der Waals surface area contributed by atoms with Crippen LogP contribution in [0.15, 0.2) is 6.07 Å². The van der Waals surface area contributed by atoms with Gasteiger partial charge in [0.2, 0.25) is 10.0 Å². The lowest BCUT2D eigenvalue weighted by atomic mass is 10.2. The van der Waals surface area contributed by atoms with Crippen LogP contribution in [0.2, 0.25) is 0 Å². The average Bonchev–Trinajstić information content (AvgIpc) is 3.09. The first-order valence-electron chi connectivity index (χ1n) is 8.55. The maximum absolute atomic E-state index is 11.1. The van der Waals surface area contributed by atoms with E-state index >= 15 is 0 Å². The fourth-order valence-electron chi connectivity index (χ4n) is 3.66. The van der Waals surface area contributed by atoms with Crippen LogP contribution in [0.25, 0.3) is 5.65 Å². The van der Waals surface area contributed by atoms with E-state index in [1.807, 2.05) is 13.0 Å². The van der Waals surface area contributed by atoms with E-state index in [9.17, 15) is 8.42 Å². The number of aryl methyl sites for hydroxylation is 1. The minimum atomic E-state index is -3.39. The van der Waals surface area contributed by atoms with Gasteiger partial charge in [-0.05, 0) is 43.0 Å². The maximum Gasteiger partial charge on any atom is 0.209 e. The van der Waals surface area contributed by atoms with Crippen LogP contribution in [0.4, 0.5) is 11.4 Å². The minimum absolute atomic E-state index is 0.0343. The van der Waals surface area contributed by atoms with Crippen molar-refractivity contribution >= 4 is 27.0 Å². The van der Waals surface area contributed by atoms with Crippen molar-refractivity contribution < 1.29 is 8.42 Å². The van der Waals surface area contributed by atoms with Crippen LogP contribution in [0.5, 0.6) is 0 Å². The topological polar surface area (TPSA) is 110 Å². The summed E-state index contributed by atoms with van der Waals surface area (Å²) in [4.78, 5) is 4.62. The van der Waals surface area contributed by atoms with Gasteiger partial charge in [0.25, 0.3) is 0 Å². The first kappa shape index (κ1) is 17.9. The first-order chi connectivity index (χ1) is 11.8. The maximum atomic E-state index is 11.1. The normalized spacial score (nSPS) is 17.5. The second-order valence-electron chi connectivity index (χ2n) is 6.56. The van der Waals surface area contributed by atoms with Gasteiger partial charge in [-0.1, -0.05) is 6.92 Å². The van der Waals surface area contributed by atoms with Crippen LogP contribution in [-0.4, -0.2) is 54.0 Å². The molecule has 1 atom stereocenters. The summed E-state index contributed by atoms with van der Waals surface area (Å²) in [7, 11) is -1.32. The van der Waals surface area contributed by atoms with Gasteiger partial charge in [0, 0.05) is 19.7 Å². The van der Waals surface area contributed by atoms with E-state index in [0.29, 0.717) is 6.42 Å².